The molecule has 0 aliphatic heterocycles. The second-order valence-corrected chi connectivity index (χ2v) is 3.75. The molecule has 1 aromatic rings. The zero-order chi connectivity index (χ0) is 8.97. The van der Waals surface area contributed by atoms with Crippen LogP contribution in [-0.4, -0.2) is 6.54 Å². The molecule has 0 aliphatic rings. The van der Waals surface area contributed by atoms with Crippen molar-refractivity contribution in [2.45, 2.75) is 19.9 Å². The van der Waals surface area contributed by atoms with Crippen LogP contribution >= 0.6 is 15.9 Å². The van der Waals surface area contributed by atoms with Crippen molar-refractivity contribution in [1.82, 2.24) is 5.32 Å². The lowest BCUT2D eigenvalue weighted by atomic mass is 10.1. The molecular weight excluding hydrogens is 214 g/mol. The van der Waals surface area contributed by atoms with Gasteiger partial charge >= 0.3 is 0 Å². The summed E-state index contributed by atoms with van der Waals surface area (Å²) in [6, 6.07) is 8.83. The monoisotopic (exact) mass is 227 g/mol. The summed E-state index contributed by atoms with van der Waals surface area (Å²) in [6.07, 6.45) is 0. The summed E-state index contributed by atoms with van der Waals surface area (Å²) in [6.45, 7) is 5.30. The zero-order valence-corrected chi connectivity index (χ0v) is 9.06. The standard InChI is InChI=1S/C10H14BrN/c1-3-12-8(2)9-5-4-6-10(11)7-9/h4-8,12H,3H2,1-2H3/t8-/m1/s1. The van der Waals surface area contributed by atoms with Crippen LogP contribution in [0.3, 0.4) is 0 Å². The number of nitrogens with one attached hydrogen (secondary N) is 1. The Labute approximate surface area is 82.3 Å². The first-order chi connectivity index (χ1) is 5.74. The molecule has 66 valence electrons. The largest absolute Gasteiger partial charge is 0.310 e. The SMILES string of the molecule is CCN[C@H](C)c1cccc(Br)c1. The van der Waals surface area contributed by atoms with E-state index in [1.165, 1.54) is 5.56 Å². The van der Waals surface area contributed by atoms with Gasteiger partial charge in [0.15, 0.2) is 0 Å². The first-order valence-electron chi connectivity index (χ1n) is 4.23. The molecule has 0 saturated heterocycles. The van der Waals surface area contributed by atoms with Crippen molar-refractivity contribution in [2.24, 2.45) is 0 Å². The van der Waals surface area contributed by atoms with Crippen LogP contribution in [0.2, 0.25) is 0 Å². The summed E-state index contributed by atoms with van der Waals surface area (Å²) >= 11 is 3.45. The fraction of sp³-hybridized carbons (Fsp3) is 0.400. The Morgan fingerprint density at radius 3 is 2.83 bits per heavy atom. The van der Waals surface area contributed by atoms with Crippen molar-refractivity contribution in [3.05, 3.63) is 34.3 Å². The maximum atomic E-state index is 3.45. The average Bonchev–Trinajstić information content (AvgIpc) is 2.05. The minimum absolute atomic E-state index is 0.437. The fourth-order valence-corrected chi connectivity index (χ4v) is 1.62. The fourth-order valence-electron chi connectivity index (χ4n) is 1.20. The third kappa shape index (κ3) is 2.61. The molecule has 12 heavy (non-hydrogen) atoms. The summed E-state index contributed by atoms with van der Waals surface area (Å²) in [5.74, 6) is 0. The summed E-state index contributed by atoms with van der Waals surface area (Å²) in [7, 11) is 0. The van der Waals surface area contributed by atoms with Gasteiger partial charge in [-0.3, -0.25) is 0 Å². The molecular formula is C10H14BrN. The highest BCUT2D eigenvalue weighted by molar-refractivity contribution is 9.10. The molecule has 0 aromatic heterocycles. The van der Waals surface area contributed by atoms with Crippen LogP contribution in [0.1, 0.15) is 25.5 Å². The summed E-state index contributed by atoms with van der Waals surface area (Å²) in [5, 5.41) is 3.37. The summed E-state index contributed by atoms with van der Waals surface area (Å²) in [5.41, 5.74) is 1.33. The van der Waals surface area contributed by atoms with Gasteiger partial charge in [-0.2, -0.15) is 0 Å². The smallest absolute Gasteiger partial charge is 0.0292 e. The zero-order valence-electron chi connectivity index (χ0n) is 7.47. The maximum Gasteiger partial charge on any atom is 0.0292 e. The van der Waals surface area contributed by atoms with Gasteiger partial charge in [-0.25, -0.2) is 0 Å². The van der Waals surface area contributed by atoms with E-state index >= 15 is 0 Å². The van der Waals surface area contributed by atoms with Crippen LogP contribution in [0.5, 0.6) is 0 Å². The molecule has 0 heterocycles. The number of benzene rings is 1. The molecule has 0 amide bonds. The van der Waals surface area contributed by atoms with Crippen LogP contribution < -0.4 is 5.32 Å². The summed E-state index contributed by atoms with van der Waals surface area (Å²) in [4.78, 5) is 0. The number of hydrogen-bond acceptors (Lipinski definition) is 1. The Morgan fingerprint density at radius 1 is 1.50 bits per heavy atom. The quantitative estimate of drug-likeness (QED) is 0.838. The highest BCUT2D eigenvalue weighted by Crippen LogP contribution is 2.17. The second kappa shape index (κ2) is 4.63. The van der Waals surface area contributed by atoms with E-state index in [0.717, 1.165) is 11.0 Å². The molecule has 0 unspecified atom stereocenters. The second-order valence-electron chi connectivity index (χ2n) is 2.83. The van der Waals surface area contributed by atoms with Crippen molar-refractivity contribution in [2.75, 3.05) is 6.54 Å². The molecule has 1 N–H and O–H groups in total. The highest BCUT2D eigenvalue weighted by atomic mass is 79.9. The maximum absolute atomic E-state index is 3.45. The van der Waals surface area contributed by atoms with Gasteiger partial charge in [0.05, 0.1) is 0 Å². The van der Waals surface area contributed by atoms with Crippen molar-refractivity contribution >= 4 is 15.9 Å². The number of rotatable bonds is 3. The third-order valence-corrected chi connectivity index (χ3v) is 2.35. The average molecular weight is 228 g/mol. The lowest BCUT2D eigenvalue weighted by Gasteiger charge is -2.12. The first kappa shape index (κ1) is 9.75. The molecule has 1 nitrogen and oxygen atoms in total. The van der Waals surface area contributed by atoms with Gasteiger partial charge in [-0.15, -0.1) is 0 Å². The van der Waals surface area contributed by atoms with Crippen molar-refractivity contribution in [3.8, 4) is 0 Å². The molecule has 0 radical (unpaired) electrons. The van der Waals surface area contributed by atoms with Gasteiger partial charge in [-0.1, -0.05) is 35.0 Å². The number of halogens is 1. The Kier molecular flexibility index (Phi) is 3.76. The predicted molar refractivity (Wildman–Crippen MR) is 56.2 cm³/mol. The summed E-state index contributed by atoms with van der Waals surface area (Å²) < 4.78 is 1.14. The van der Waals surface area contributed by atoms with E-state index in [1.807, 2.05) is 6.07 Å². The molecule has 1 atom stereocenters. The first-order valence-corrected chi connectivity index (χ1v) is 5.02. The molecule has 0 spiro atoms. The molecule has 0 fully saturated rings. The third-order valence-electron chi connectivity index (χ3n) is 1.86. The van der Waals surface area contributed by atoms with Crippen molar-refractivity contribution < 1.29 is 0 Å². The van der Waals surface area contributed by atoms with E-state index in [4.69, 9.17) is 0 Å². The van der Waals surface area contributed by atoms with Crippen LogP contribution in [0.4, 0.5) is 0 Å². The molecule has 0 aliphatic carbocycles. The number of hydrogen-bond donors (Lipinski definition) is 1. The van der Waals surface area contributed by atoms with Gasteiger partial charge in [-0.05, 0) is 31.2 Å². The Morgan fingerprint density at radius 2 is 2.25 bits per heavy atom. The molecule has 0 bridgehead atoms. The van der Waals surface area contributed by atoms with Crippen molar-refractivity contribution in [3.63, 3.8) is 0 Å². The highest BCUT2D eigenvalue weighted by Gasteiger charge is 2.02. The minimum atomic E-state index is 0.437. The molecule has 1 aromatic carbocycles. The Bertz CT molecular complexity index is 247. The van der Waals surface area contributed by atoms with E-state index in [2.05, 4.69) is 53.3 Å². The van der Waals surface area contributed by atoms with Gasteiger partial charge in [0, 0.05) is 10.5 Å². The van der Waals surface area contributed by atoms with Crippen LogP contribution in [0.25, 0.3) is 0 Å². The van der Waals surface area contributed by atoms with Gasteiger partial charge < -0.3 is 5.32 Å². The van der Waals surface area contributed by atoms with Crippen LogP contribution in [0.15, 0.2) is 28.7 Å². The van der Waals surface area contributed by atoms with Crippen molar-refractivity contribution in [1.29, 1.82) is 0 Å². The Balaban J connectivity index is 2.73. The normalized spacial score (nSPS) is 12.9. The Hall–Kier alpha value is -0.340. The van der Waals surface area contributed by atoms with Gasteiger partial charge in [0.25, 0.3) is 0 Å². The molecule has 0 saturated carbocycles. The van der Waals surface area contributed by atoms with Crippen LogP contribution in [0, 0.1) is 0 Å². The minimum Gasteiger partial charge on any atom is -0.310 e. The predicted octanol–water partition coefficient (Wildman–Crippen LogP) is 3.12. The van der Waals surface area contributed by atoms with E-state index in [0.29, 0.717) is 6.04 Å². The van der Waals surface area contributed by atoms with E-state index in [9.17, 15) is 0 Å². The lowest BCUT2D eigenvalue weighted by molar-refractivity contribution is 0.598. The molecule has 2 heteroatoms. The van der Waals surface area contributed by atoms with E-state index in [1.54, 1.807) is 0 Å². The van der Waals surface area contributed by atoms with Gasteiger partial charge in [0.2, 0.25) is 0 Å². The molecule has 1 rings (SSSR count). The topological polar surface area (TPSA) is 12.0 Å². The van der Waals surface area contributed by atoms with E-state index < -0.39 is 0 Å². The lowest BCUT2D eigenvalue weighted by Crippen LogP contribution is -2.17. The van der Waals surface area contributed by atoms with E-state index in [-0.39, 0.29) is 0 Å². The van der Waals surface area contributed by atoms with Crippen LogP contribution in [-0.2, 0) is 0 Å². The van der Waals surface area contributed by atoms with Gasteiger partial charge in [0.1, 0.15) is 0 Å².